The second kappa shape index (κ2) is 38.9. The van der Waals surface area contributed by atoms with E-state index in [1.54, 1.807) is 0 Å². The quantitative estimate of drug-likeness (QED) is 0.0808. The summed E-state index contributed by atoms with van der Waals surface area (Å²) in [6.07, 6.45) is 0. The molecular formula is C97H68Y-2. The van der Waals surface area contributed by atoms with Crippen molar-refractivity contribution in [3.63, 3.8) is 0 Å². The van der Waals surface area contributed by atoms with E-state index in [9.17, 15) is 0 Å². The molecule has 0 aliphatic rings. The average molecular weight is 1320 g/mol. The monoisotopic (exact) mass is 1320 g/mol. The molecule has 0 N–H and O–H groups in total. The molecule has 13 aromatic rings. The van der Waals surface area contributed by atoms with Crippen LogP contribution in [0.4, 0.5) is 0 Å². The summed E-state index contributed by atoms with van der Waals surface area (Å²) < 4.78 is 0. The number of benzene rings is 13. The normalized spacial score (nSPS) is 9.79. The second-order valence-electron chi connectivity index (χ2n) is 21.8. The predicted octanol–water partition coefficient (Wildman–Crippen LogP) is 21.7. The molecule has 0 saturated carbocycles. The summed E-state index contributed by atoms with van der Waals surface area (Å²) in [4.78, 5) is 0. The van der Waals surface area contributed by atoms with Crippen molar-refractivity contribution in [1.29, 1.82) is 0 Å². The van der Waals surface area contributed by atoms with E-state index in [4.69, 9.17) is 0 Å². The largest absolute Gasteiger partial charge is 0.184 e. The maximum Gasteiger partial charge on any atom is 0.0249 e. The smallest absolute Gasteiger partial charge is 0.0249 e. The fourth-order valence-electron chi connectivity index (χ4n) is 10.5. The summed E-state index contributed by atoms with van der Waals surface area (Å²) in [6, 6.07) is 128. The summed E-state index contributed by atoms with van der Waals surface area (Å²) in [6.45, 7) is 5.56. The van der Waals surface area contributed by atoms with Crippen LogP contribution in [0.5, 0.6) is 0 Å². The van der Waals surface area contributed by atoms with Gasteiger partial charge in [-0.3, -0.25) is 0 Å². The van der Waals surface area contributed by atoms with Crippen molar-refractivity contribution >= 4 is 22.3 Å². The molecule has 0 aliphatic heterocycles. The summed E-state index contributed by atoms with van der Waals surface area (Å²) in [5, 5.41) is 0. The minimum absolute atomic E-state index is 0. The van der Waals surface area contributed by atoms with Crippen molar-refractivity contribution in [3.8, 4) is 71.0 Å². The SMILES string of the molecule is C(#Cc1ccccc1)c1cc[c-]cc1.CC#Cc1cc[c-]cc1.CC#Cc1ccc(C(=C(c2ccccc2)c2ccc(C#Cc3ccccc3)cc2)c2ccccc2)cc1.CC#Cc1ccc(C(=C(c2ccccc2)c2ccccc2)c2ccc(C#Cc3ccccc3)cc2)cc1.[Y]. The predicted molar refractivity (Wildman–Crippen MR) is 407 cm³/mol. The van der Waals surface area contributed by atoms with Crippen molar-refractivity contribution in [2.75, 3.05) is 0 Å². The van der Waals surface area contributed by atoms with Crippen LogP contribution >= 0.6 is 0 Å². The van der Waals surface area contributed by atoms with Gasteiger partial charge in [-0.05, 0) is 173 Å². The van der Waals surface area contributed by atoms with Crippen molar-refractivity contribution in [1.82, 2.24) is 0 Å². The van der Waals surface area contributed by atoms with Crippen molar-refractivity contribution in [2.45, 2.75) is 20.8 Å². The van der Waals surface area contributed by atoms with Gasteiger partial charge in [0.1, 0.15) is 0 Å². The molecule has 0 heterocycles. The van der Waals surface area contributed by atoms with Gasteiger partial charge in [-0.15, -0.1) is 17.8 Å². The summed E-state index contributed by atoms with van der Waals surface area (Å²) in [5.74, 6) is 37.4. The molecule has 0 saturated heterocycles. The van der Waals surface area contributed by atoms with Crippen molar-refractivity contribution < 1.29 is 32.7 Å². The van der Waals surface area contributed by atoms with E-state index < -0.39 is 0 Å². The first-order valence-corrected chi connectivity index (χ1v) is 32.1. The zero-order chi connectivity index (χ0) is 66.7. The molecule has 0 aliphatic carbocycles. The van der Waals surface area contributed by atoms with Crippen molar-refractivity contribution in [2.24, 2.45) is 0 Å². The minimum atomic E-state index is 0. The topological polar surface area (TPSA) is 0 Å². The number of hydrogen-bond acceptors (Lipinski definition) is 0. The zero-order valence-corrected chi connectivity index (χ0v) is 58.0. The Labute approximate surface area is 606 Å². The molecule has 1 heteroatoms. The van der Waals surface area contributed by atoms with Crippen LogP contribution in [0.2, 0.25) is 0 Å². The van der Waals surface area contributed by atoms with Crippen LogP contribution in [-0.2, 0) is 32.7 Å². The van der Waals surface area contributed by atoms with Crippen LogP contribution in [-0.4, -0.2) is 0 Å². The molecule has 0 fully saturated rings. The molecule has 0 spiro atoms. The van der Waals surface area contributed by atoms with Gasteiger partial charge in [0.2, 0.25) is 0 Å². The molecule has 1 radical (unpaired) electrons. The van der Waals surface area contributed by atoms with E-state index in [-0.39, 0.29) is 32.7 Å². The Balaban J connectivity index is 0.000000172. The Morgan fingerprint density at radius 3 is 0.531 bits per heavy atom. The molecule has 13 aromatic carbocycles. The van der Waals surface area contributed by atoms with Gasteiger partial charge in [-0.25, -0.2) is 0 Å². The molecule has 0 unspecified atom stereocenters. The molecule has 0 amide bonds. The first kappa shape index (κ1) is 70.1. The van der Waals surface area contributed by atoms with Crippen LogP contribution in [0.3, 0.4) is 0 Å². The molecule has 0 bridgehead atoms. The Hall–Kier alpha value is -12.2. The third-order valence-corrected chi connectivity index (χ3v) is 15.1. The van der Waals surface area contributed by atoms with Crippen LogP contribution in [0.25, 0.3) is 22.3 Å². The summed E-state index contributed by atoms with van der Waals surface area (Å²) in [5.41, 5.74) is 23.2. The second-order valence-corrected chi connectivity index (χ2v) is 21.8. The van der Waals surface area contributed by atoms with Gasteiger partial charge in [-0.1, -0.05) is 289 Å². The van der Waals surface area contributed by atoms with E-state index >= 15 is 0 Å². The average Bonchev–Trinajstić information content (AvgIpc) is 0.796. The third kappa shape index (κ3) is 21.4. The Bertz CT molecular complexity index is 4990. The molecule has 98 heavy (non-hydrogen) atoms. The first-order chi connectivity index (χ1) is 48.0. The van der Waals surface area contributed by atoms with E-state index in [0.717, 1.165) is 72.3 Å². The molecular weight excluding hydrogens is 1250 g/mol. The van der Waals surface area contributed by atoms with E-state index in [1.807, 2.05) is 160 Å². The third-order valence-electron chi connectivity index (χ3n) is 15.1. The molecule has 0 aromatic heterocycles. The maximum atomic E-state index is 3.30. The molecule has 461 valence electrons. The van der Waals surface area contributed by atoms with Crippen LogP contribution < -0.4 is 0 Å². The van der Waals surface area contributed by atoms with Crippen LogP contribution in [0.15, 0.2) is 358 Å². The van der Waals surface area contributed by atoms with Gasteiger partial charge in [0.15, 0.2) is 0 Å². The van der Waals surface area contributed by atoms with Gasteiger partial charge in [-0.2, -0.15) is 60.7 Å². The Morgan fingerprint density at radius 1 is 0.173 bits per heavy atom. The Kier molecular flexibility index (Phi) is 27.8. The Morgan fingerprint density at radius 2 is 0.327 bits per heavy atom. The van der Waals surface area contributed by atoms with Gasteiger partial charge < -0.3 is 0 Å². The van der Waals surface area contributed by atoms with Crippen LogP contribution in [0.1, 0.15) is 115 Å². The van der Waals surface area contributed by atoms with Gasteiger partial charge in [0.05, 0.1) is 0 Å². The van der Waals surface area contributed by atoms with E-state index in [1.165, 1.54) is 44.5 Å². The maximum absolute atomic E-state index is 3.30. The number of rotatable bonds is 8. The fraction of sp³-hybridized carbons (Fsp3) is 0.0309. The molecule has 13 rings (SSSR count). The van der Waals surface area contributed by atoms with E-state index in [0.29, 0.717) is 0 Å². The first-order valence-electron chi connectivity index (χ1n) is 32.1. The fourth-order valence-corrected chi connectivity index (χ4v) is 10.5. The van der Waals surface area contributed by atoms with Crippen LogP contribution in [0, 0.1) is 83.2 Å². The molecule has 0 atom stereocenters. The molecule has 0 nitrogen and oxygen atoms in total. The zero-order valence-electron chi connectivity index (χ0n) is 55.1. The van der Waals surface area contributed by atoms with Gasteiger partial charge >= 0.3 is 0 Å². The van der Waals surface area contributed by atoms with Gasteiger partial charge in [0, 0.05) is 71.7 Å². The van der Waals surface area contributed by atoms with Gasteiger partial charge in [0.25, 0.3) is 0 Å². The summed E-state index contributed by atoms with van der Waals surface area (Å²) in [7, 11) is 0. The van der Waals surface area contributed by atoms with E-state index in [2.05, 4.69) is 302 Å². The standard InChI is InChI=1S/2C37H26.C14H9.C9H7.Y/c1-2-12-29-21-25-34(26-22-29)36(32-15-8-4-9-16-32)37(33-17-10-5-11-18-33)35-27-23-31(24-28-35)20-19-30-13-6-3-7-14-30;1-2-12-29-21-25-34(26-22-29)37(36(32-15-8-4-9-16-32)33-17-10-5-11-18-33)35-27-23-31(24-28-35)20-19-30-13-6-3-7-14-30;1-3-7-13(8-4-1)11-12-14-9-5-2-6-10-14;1-2-6-9-7-4-3-5-8-9;/h2*3-11,13-18,21-28H,1H3;1,3-10H;4-5,7-8H,1H3;/q;;2*-1;. The minimum Gasteiger partial charge on any atom is -0.184 e. The number of hydrogen-bond donors (Lipinski definition) is 0. The summed E-state index contributed by atoms with van der Waals surface area (Å²) >= 11 is 0. The van der Waals surface area contributed by atoms with Crippen molar-refractivity contribution in [3.05, 3.63) is 465 Å².